The summed E-state index contributed by atoms with van der Waals surface area (Å²) in [6.45, 7) is 10.5. The van der Waals surface area contributed by atoms with E-state index in [0.717, 1.165) is 25.8 Å². The lowest BCUT2D eigenvalue weighted by Crippen LogP contribution is -2.24. The SMILES string of the molecule is CCCOP(=O)(OCCC)N(CC)CCC. The van der Waals surface area contributed by atoms with E-state index < -0.39 is 7.75 Å². The molecule has 0 heterocycles. The first-order valence-electron chi connectivity index (χ1n) is 6.29. The lowest BCUT2D eigenvalue weighted by Gasteiger charge is -2.28. The molecule has 16 heavy (non-hydrogen) atoms. The Morgan fingerprint density at radius 2 is 1.44 bits per heavy atom. The molecule has 0 aromatic rings. The Hall–Kier alpha value is 0.110. The van der Waals surface area contributed by atoms with E-state index in [1.165, 1.54) is 0 Å². The second kappa shape index (κ2) is 9.17. The van der Waals surface area contributed by atoms with E-state index in [0.29, 0.717) is 19.8 Å². The number of nitrogens with zero attached hydrogens (tertiary/aromatic N) is 1. The van der Waals surface area contributed by atoms with Gasteiger partial charge in [-0.05, 0) is 19.3 Å². The fraction of sp³-hybridized carbons (Fsp3) is 1.00. The minimum atomic E-state index is -3.05. The second-order valence-corrected chi connectivity index (χ2v) is 5.70. The van der Waals surface area contributed by atoms with Crippen LogP contribution in [0.2, 0.25) is 0 Å². The van der Waals surface area contributed by atoms with Crippen LogP contribution in [0.15, 0.2) is 0 Å². The third-order valence-electron chi connectivity index (χ3n) is 2.11. The van der Waals surface area contributed by atoms with Crippen LogP contribution < -0.4 is 0 Å². The van der Waals surface area contributed by atoms with Crippen molar-refractivity contribution in [2.45, 2.75) is 47.0 Å². The summed E-state index contributed by atoms with van der Waals surface area (Å²) in [4.78, 5) is 0. The molecular formula is C11H26NO3P. The summed E-state index contributed by atoms with van der Waals surface area (Å²) in [5.41, 5.74) is 0. The van der Waals surface area contributed by atoms with Gasteiger partial charge in [0, 0.05) is 13.1 Å². The Kier molecular flexibility index (Phi) is 9.24. The molecular weight excluding hydrogens is 225 g/mol. The van der Waals surface area contributed by atoms with E-state index in [4.69, 9.17) is 9.05 Å². The molecule has 0 unspecified atom stereocenters. The van der Waals surface area contributed by atoms with Gasteiger partial charge in [0.05, 0.1) is 13.2 Å². The fourth-order valence-corrected chi connectivity index (χ4v) is 3.34. The van der Waals surface area contributed by atoms with Gasteiger partial charge in [0.25, 0.3) is 0 Å². The van der Waals surface area contributed by atoms with Crippen LogP contribution in [-0.4, -0.2) is 31.0 Å². The summed E-state index contributed by atoms with van der Waals surface area (Å²) in [6.07, 6.45) is 2.65. The smallest absolute Gasteiger partial charge is 0.297 e. The molecule has 0 fully saturated rings. The predicted molar refractivity (Wildman–Crippen MR) is 67.6 cm³/mol. The van der Waals surface area contributed by atoms with Gasteiger partial charge in [-0.15, -0.1) is 0 Å². The lowest BCUT2D eigenvalue weighted by molar-refractivity contribution is 0.158. The van der Waals surface area contributed by atoms with Crippen molar-refractivity contribution >= 4 is 7.75 Å². The highest BCUT2D eigenvalue weighted by Gasteiger charge is 2.31. The van der Waals surface area contributed by atoms with E-state index >= 15 is 0 Å². The van der Waals surface area contributed by atoms with Gasteiger partial charge < -0.3 is 0 Å². The number of rotatable bonds is 10. The average Bonchev–Trinajstić information content (AvgIpc) is 2.30. The fourth-order valence-electron chi connectivity index (χ4n) is 1.33. The molecule has 0 spiro atoms. The number of hydrogen-bond acceptors (Lipinski definition) is 3. The van der Waals surface area contributed by atoms with Gasteiger partial charge in [0.1, 0.15) is 0 Å². The molecule has 0 saturated heterocycles. The Balaban J connectivity index is 4.52. The molecule has 0 amide bonds. The van der Waals surface area contributed by atoms with Crippen molar-refractivity contribution in [2.75, 3.05) is 26.3 Å². The largest absolute Gasteiger partial charge is 0.408 e. The van der Waals surface area contributed by atoms with Crippen LogP contribution in [-0.2, 0) is 13.6 Å². The van der Waals surface area contributed by atoms with Crippen molar-refractivity contribution in [1.82, 2.24) is 4.67 Å². The van der Waals surface area contributed by atoms with Crippen molar-refractivity contribution < 1.29 is 13.6 Å². The van der Waals surface area contributed by atoms with Crippen molar-refractivity contribution in [3.8, 4) is 0 Å². The molecule has 0 atom stereocenters. The summed E-state index contributed by atoms with van der Waals surface area (Å²) in [5, 5.41) is 0. The van der Waals surface area contributed by atoms with Crippen LogP contribution in [0.5, 0.6) is 0 Å². The third kappa shape index (κ3) is 5.44. The topological polar surface area (TPSA) is 38.8 Å². The molecule has 0 aromatic heterocycles. The van der Waals surface area contributed by atoms with E-state index in [-0.39, 0.29) is 0 Å². The minimum Gasteiger partial charge on any atom is -0.297 e. The molecule has 0 aliphatic carbocycles. The molecule has 0 aliphatic rings. The van der Waals surface area contributed by atoms with Crippen molar-refractivity contribution in [2.24, 2.45) is 0 Å². The van der Waals surface area contributed by atoms with E-state index in [1.54, 1.807) is 0 Å². The van der Waals surface area contributed by atoms with Gasteiger partial charge >= 0.3 is 7.75 Å². The Labute approximate surface area is 99.9 Å². The highest BCUT2D eigenvalue weighted by molar-refractivity contribution is 7.51. The van der Waals surface area contributed by atoms with Gasteiger partial charge in [-0.25, -0.2) is 9.24 Å². The van der Waals surface area contributed by atoms with Crippen molar-refractivity contribution in [3.05, 3.63) is 0 Å². The third-order valence-corrected chi connectivity index (χ3v) is 4.30. The summed E-state index contributed by atoms with van der Waals surface area (Å²) in [6, 6.07) is 0. The van der Waals surface area contributed by atoms with Crippen LogP contribution >= 0.6 is 7.75 Å². The van der Waals surface area contributed by atoms with Crippen LogP contribution in [0.3, 0.4) is 0 Å². The lowest BCUT2D eigenvalue weighted by atomic mass is 10.5. The van der Waals surface area contributed by atoms with Gasteiger partial charge in [-0.1, -0.05) is 27.7 Å². The maximum absolute atomic E-state index is 12.5. The molecule has 0 saturated carbocycles. The van der Waals surface area contributed by atoms with E-state index in [9.17, 15) is 4.57 Å². The Morgan fingerprint density at radius 1 is 0.938 bits per heavy atom. The van der Waals surface area contributed by atoms with E-state index in [1.807, 2.05) is 25.4 Å². The summed E-state index contributed by atoms with van der Waals surface area (Å²) in [7, 11) is -3.05. The summed E-state index contributed by atoms with van der Waals surface area (Å²) in [5.74, 6) is 0. The summed E-state index contributed by atoms with van der Waals surface area (Å²) < 4.78 is 25.2. The standard InChI is InChI=1S/C11H26NO3P/c1-5-9-12(8-4)16(13,14-10-6-2)15-11-7-3/h5-11H2,1-4H3. The highest BCUT2D eigenvalue weighted by atomic mass is 31.2. The van der Waals surface area contributed by atoms with Crippen LogP contribution in [0, 0.1) is 0 Å². The van der Waals surface area contributed by atoms with Crippen molar-refractivity contribution in [1.29, 1.82) is 0 Å². The van der Waals surface area contributed by atoms with Gasteiger partial charge in [-0.2, -0.15) is 0 Å². The second-order valence-electron chi connectivity index (χ2n) is 3.68. The zero-order valence-corrected chi connectivity index (χ0v) is 12.0. The van der Waals surface area contributed by atoms with Gasteiger partial charge in [0.2, 0.25) is 0 Å². The van der Waals surface area contributed by atoms with E-state index in [2.05, 4.69) is 6.92 Å². The van der Waals surface area contributed by atoms with Gasteiger partial charge in [-0.3, -0.25) is 9.05 Å². The summed E-state index contributed by atoms with van der Waals surface area (Å²) >= 11 is 0. The van der Waals surface area contributed by atoms with Crippen molar-refractivity contribution in [3.63, 3.8) is 0 Å². The first kappa shape index (κ1) is 16.1. The average molecular weight is 251 g/mol. The normalized spacial score (nSPS) is 12.3. The maximum Gasteiger partial charge on any atom is 0.408 e. The number of hydrogen-bond donors (Lipinski definition) is 0. The van der Waals surface area contributed by atoms with Gasteiger partial charge in [0.15, 0.2) is 0 Å². The first-order valence-corrected chi connectivity index (χ1v) is 7.78. The first-order chi connectivity index (χ1) is 7.64. The Morgan fingerprint density at radius 3 is 1.75 bits per heavy atom. The molecule has 4 nitrogen and oxygen atoms in total. The molecule has 0 rings (SSSR count). The molecule has 0 bridgehead atoms. The molecule has 0 aromatic carbocycles. The Bertz CT molecular complexity index is 199. The molecule has 5 heteroatoms. The van der Waals surface area contributed by atoms with Crippen LogP contribution in [0.25, 0.3) is 0 Å². The molecule has 0 aliphatic heterocycles. The monoisotopic (exact) mass is 251 g/mol. The molecule has 0 radical (unpaired) electrons. The quantitative estimate of drug-likeness (QED) is 0.555. The van der Waals surface area contributed by atoms with Crippen LogP contribution in [0.4, 0.5) is 0 Å². The zero-order valence-electron chi connectivity index (χ0n) is 11.1. The predicted octanol–water partition coefficient (Wildman–Crippen LogP) is 3.68. The molecule has 98 valence electrons. The zero-order chi connectivity index (χ0) is 12.4. The molecule has 0 N–H and O–H groups in total. The highest BCUT2D eigenvalue weighted by Crippen LogP contribution is 2.52. The van der Waals surface area contributed by atoms with Crippen LogP contribution in [0.1, 0.15) is 47.0 Å². The minimum absolute atomic E-state index is 0.487. The maximum atomic E-state index is 12.5.